The molecule has 16 heavy (non-hydrogen) atoms. The number of ketones is 1. The largest absolute Gasteiger partial charge is 0.345 e. The van der Waals surface area contributed by atoms with Crippen LogP contribution in [0.15, 0.2) is 24.5 Å². The van der Waals surface area contributed by atoms with Crippen molar-refractivity contribution in [2.75, 3.05) is 6.54 Å². The van der Waals surface area contributed by atoms with Gasteiger partial charge in [-0.1, -0.05) is 6.07 Å². The first-order valence-electron chi connectivity index (χ1n) is 5.38. The molecular formula is C12H15N3O. The standard InChI is InChI=1S/C12H15N3O/c1-9(16)4-5-13-7-10-2-3-11-12(6-10)15-8-14-11/h2-3,6,8,13H,4-5,7H2,1H3,(H,14,15). The highest BCUT2D eigenvalue weighted by molar-refractivity contribution is 5.75. The molecule has 0 unspecified atom stereocenters. The van der Waals surface area contributed by atoms with E-state index in [0.29, 0.717) is 6.42 Å². The molecule has 0 saturated carbocycles. The van der Waals surface area contributed by atoms with E-state index in [2.05, 4.69) is 21.4 Å². The molecule has 0 radical (unpaired) electrons. The lowest BCUT2D eigenvalue weighted by atomic mass is 10.2. The van der Waals surface area contributed by atoms with Gasteiger partial charge in [0.15, 0.2) is 0 Å². The van der Waals surface area contributed by atoms with Crippen LogP contribution in [0, 0.1) is 0 Å². The van der Waals surface area contributed by atoms with Crippen LogP contribution in [-0.4, -0.2) is 22.3 Å². The van der Waals surface area contributed by atoms with Crippen molar-refractivity contribution in [1.29, 1.82) is 0 Å². The highest BCUT2D eigenvalue weighted by atomic mass is 16.1. The summed E-state index contributed by atoms with van der Waals surface area (Å²) < 4.78 is 0. The Kier molecular flexibility index (Phi) is 3.31. The van der Waals surface area contributed by atoms with E-state index in [1.165, 1.54) is 5.56 Å². The SMILES string of the molecule is CC(=O)CCNCc1ccc2nc[nH]c2c1. The Balaban J connectivity index is 1.91. The lowest BCUT2D eigenvalue weighted by Gasteiger charge is -2.03. The maximum atomic E-state index is 10.7. The lowest BCUT2D eigenvalue weighted by molar-refractivity contribution is -0.116. The zero-order chi connectivity index (χ0) is 11.4. The molecule has 0 amide bonds. The summed E-state index contributed by atoms with van der Waals surface area (Å²) >= 11 is 0. The number of rotatable bonds is 5. The molecule has 1 heterocycles. The minimum atomic E-state index is 0.219. The van der Waals surface area contributed by atoms with E-state index in [0.717, 1.165) is 24.1 Å². The summed E-state index contributed by atoms with van der Waals surface area (Å²) in [7, 11) is 0. The first kappa shape index (κ1) is 10.8. The Bertz CT molecular complexity index is 490. The number of hydrogen-bond donors (Lipinski definition) is 2. The van der Waals surface area contributed by atoms with Crippen LogP contribution >= 0.6 is 0 Å². The van der Waals surface area contributed by atoms with Crippen molar-refractivity contribution in [3.8, 4) is 0 Å². The fraction of sp³-hybridized carbons (Fsp3) is 0.333. The molecule has 4 heteroatoms. The van der Waals surface area contributed by atoms with Crippen LogP contribution in [0.5, 0.6) is 0 Å². The molecule has 0 aliphatic heterocycles. The molecule has 0 spiro atoms. The number of Topliss-reactive ketones (excluding diaryl/α,β-unsaturated/α-hetero) is 1. The van der Waals surface area contributed by atoms with Crippen molar-refractivity contribution in [3.63, 3.8) is 0 Å². The summed E-state index contributed by atoms with van der Waals surface area (Å²) in [6.45, 7) is 3.12. The third kappa shape index (κ3) is 2.67. The number of carbonyl (C=O) groups excluding carboxylic acids is 1. The summed E-state index contributed by atoms with van der Waals surface area (Å²) in [5, 5.41) is 3.23. The molecule has 0 aliphatic carbocycles. The van der Waals surface area contributed by atoms with E-state index < -0.39 is 0 Å². The van der Waals surface area contributed by atoms with Crippen LogP contribution in [0.2, 0.25) is 0 Å². The van der Waals surface area contributed by atoms with Gasteiger partial charge in [0.1, 0.15) is 5.78 Å². The van der Waals surface area contributed by atoms with Gasteiger partial charge < -0.3 is 10.3 Å². The van der Waals surface area contributed by atoms with Crippen molar-refractivity contribution < 1.29 is 4.79 Å². The molecule has 84 valence electrons. The van der Waals surface area contributed by atoms with Gasteiger partial charge >= 0.3 is 0 Å². The molecule has 2 aromatic rings. The minimum Gasteiger partial charge on any atom is -0.345 e. The number of nitrogens with one attached hydrogen (secondary N) is 2. The van der Waals surface area contributed by atoms with Gasteiger partial charge in [0.25, 0.3) is 0 Å². The Morgan fingerprint density at radius 3 is 3.19 bits per heavy atom. The van der Waals surface area contributed by atoms with E-state index >= 15 is 0 Å². The normalized spacial score (nSPS) is 10.8. The average molecular weight is 217 g/mol. The fourth-order valence-corrected chi connectivity index (χ4v) is 1.59. The molecule has 0 fully saturated rings. The number of aromatic nitrogens is 2. The van der Waals surface area contributed by atoms with Crippen LogP contribution in [-0.2, 0) is 11.3 Å². The van der Waals surface area contributed by atoms with Crippen LogP contribution in [0.3, 0.4) is 0 Å². The number of H-pyrrole nitrogens is 1. The maximum Gasteiger partial charge on any atom is 0.131 e. The Morgan fingerprint density at radius 2 is 2.38 bits per heavy atom. The van der Waals surface area contributed by atoms with Crippen molar-refractivity contribution in [2.24, 2.45) is 0 Å². The van der Waals surface area contributed by atoms with Crippen LogP contribution in [0.1, 0.15) is 18.9 Å². The minimum absolute atomic E-state index is 0.219. The summed E-state index contributed by atoms with van der Waals surface area (Å²) in [5.41, 5.74) is 3.22. The highest BCUT2D eigenvalue weighted by Gasteiger charge is 1.98. The second kappa shape index (κ2) is 4.90. The van der Waals surface area contributed by atoms with Gasteiger partial charge in [0.2, 0.25) is 0 Å². The number of carbonyl (C=O) groups is 1. The summed E-state index contributed by atoms with van der Waals surface area (Å²) in [4.78, 5) is 18.0. The number of fused-ring (bicyclic) bond motifs is 1. The lowest BCUT2D eigenvalue weighted by Crippen LogP contribution is -2.16. The van der Waals surface area contributed by atoms with Crippen LogP contribution in [0.4, 0.5) is 0 Å². The second-order valence-electron chi connectivity index (χ2n) is 3.88. The van der Waals surface area contributed by atoms with Crippen molar-refractivity contribution in [2.45, 2.75) is 19.9 Å². The van der Waals surface area contributed by atoms with Gasteiger partial charge in [-0.25, -0.2) is 4.98 Å². The number of nitrogens with zero attached hydrogens (tertiary/aromatic N) is 1. The number of benzene rings is 1. The van der Waals surface area contributed by atoms with Gasteiger partial charge in [-0.3, -0.25) is 4.79 Å². The molecule has 0 aliphatic rings. The van der Waals surface area contributed by atoms with Crippen molar-refractivity contribution >= 4 is 16.8 Å². The number of aromatic amines is 1. The summed E-state index contributed by atoms with van der Waals surface area (Å²) in [5.74, 6) is 0.219. The molecule has 2 rings (SSSR count). The summed E-state index contributed by atoms with van der Waals surface area (Å²) in [6.07, 6.45) is 2.28. The first-order chi connectivity index (χ1) is 7.75. The molecule has 4 nitrogen and oxygen atoms in total. The zero-order valence-corrected chi connectivity index (χ0v) is 9.29. The maximum absolute atomic E-state index is 10.7. The van der Waals surface area contributed by atoms with Crippen LogP contribution in [0.25, 0.3) is 11.0 Å². The molecule has 0 atom stereocenters. The predicted octanol–water partition coefficient (Wildman–Crippen LogP) is 1.63. The molecule has 0 bridgehead atoms. The smallest absolute Gasteiger partial charge is 0.131 e. The van der Waals surface area contributed by atoms with E-state index in [-0.39, 0.29) is 5.78 Å². The van der Waals surface area contributed by atoms with Crippen LogP contribution < -0.4 is 5.32 Å². The third-order valence-corrected chi connectivity index (χ3v) is 2.47. The van der Waals surface area contributed by atoms with E-state index in [1.807, 2.05) is 12.1 Å². The topological polar surface area (TPSA) is 57.8 Å². The predicted molar refractivity (Wildman–Crippen MR) is 63.1 cm³/mol. The third-order valence-electron chi connectivity index (χ3n) is 2.47. The van der Waals surface area contributed by atoms with E-state index in [9.17, 15) is 4.79 Å². The Labute approximate surface area is 94.1 Å². The highest BCUT2D eigenvalue weighted by Crippen LogP contribution is 2.11. The zero-order valence-electron chi connectivity index (χ0n) is 9.29. The Morgan fingerprint density at radius 1 is 1.50 bits per heavy atom. The van der Waals surface area contributed by atoms with Gasteiger partial charge in [-0.2, -0.15) is 0 Å². The molecule has 2 N–H and O–H groups in total. The van der Waals surface area contributed by atoms with Gasteiger partial charge in [0, 0.05) is 19.5 Å². The van der Waals surface area contributed by atoms with Gasteiger partial charge in [0.05, 0.1) is 17.4 Å². The molecule has 1 aromatic carbocycles. The van der Waals surface area contributed by atoms with E-state index in [1.54, 1.807) is 13.3 Å². The summed E-state index contributed by atoms with van der Waals surface area (Å²) in [6, 6.07) is 6.11. The van der Waals surface area contributed by atoms with Gasteiger partial charge in [-0.15, -0.1) is 0 Å². The molecule has 0 saturated heterocycles. The first-order valence-corrected chi connectivity index (χ1v) is 5.38. The van der Waals surface area contributed by atoms with E-state index in [4.69, 9.17) is 0 Å². The Hall–Kier alpha value is -1.68. The second-order valence-corrected chi connectivity index (χ2v) is 3.88. The number of imidazole rings is 1. The average Bonchev–Trinajstić information content (AvgIpc) is 2.71. The quantitative estimate of drug-likeness (QED) is 0.748. The van der Waals surface area contributed by atoms with Crippen molar-refractivity contribution in [1.82, 2.24) is 15.3 Å². The van der Waals surface area contributed by atoms with Crippen molar-refractivity contribution in [3.05, 3.63) is 30.1 Å². The number of hydrogen-bond acceptors (Lipinski definition) is 3. The monoisotopic (exact) mass is 217 g/mol. The molecular weight excluding hydrogens is 202 g/mol. The fourth-order valence-electron chi connectivity index (χ4n) is 1.59. The molecule has 1 aromatic heterocycles. The van der Waals surface area contributed by atoms with Gasteiger partial charge in [-0.05, 0) is 24.6 Å².